The Kier molecular flexibility index (Phi) is 7.46. The van der Waals surface area contributed by atoms with Crippen molar-refractivity contribution in [2.75, 3.05) is 41.3 Å². The minimum atomic E-state index is -3.65. The van der Waals surface area contributed by atoms with Crippen molar-refractivity contribution in [1.29, 1.82) is 0 Å². The molecule has 0 saturated carbocycles. The molecular formula is C24H29N3O5S. The lowest BCUT2D eigenvalue weighted by molar-refractivity contribution is -0.140. The number of nitrogens with zero attached hydrogens (tertiary/aromatic N) is 3. The van der Waals surface area contributed by atoms with Crippen LogP contribution in [0.25, 0.3) is 0 Å². The maximum Gasteiger partial charge on any atom is 0.291 e. The first-order valence-electron chi connectivity index (χ1n) is 10.7. The van der Waals surface area contributed by atoms with Crippen molar-refractivity contribution < 1.29 is 22.8 Å². The van der Waals surface area contributed by atoms with Crippen molar-refractivity contribution in [3.63, 3.8) is 0 Å². The van der Waals surface area contributed by atoms with Crippen LogP contribution >= 0.6 is 0 Å². The number of benzene rings is 2. The van der Waals surface area contributed by atoms with Gasteiger partial charge in [0, 0.05) is 26.2 Å². The van der Waals surface area contributed by atoms with Crippen LogP contribution in [-0.2, 0) is 19.6 Å². The molecule has 2 unspecified atom stereocenters. The normalized spacial score (nSPS) is 19.0. The molecule has 0 aromatic heterocycles. The maximum absolute atomic E-state index is 13.4. The van der Waals surface area contributed by atoms with Crippen LogP contribution in [0.4, 0.5) is 0 Å². The van der Waals surface area contributed by atoms with E-state index in [4.69, 9.17) is 0 Å². The van der Waals surface area contributed by atoms with Gasteiger partial charge in [-0.15, -0.1) is 0 Å². The molecule has 0 radical (unpaired) electrons. The quantitative estimate of drug-likeness (QED) is 0.315. The molecule has 2 atom stereocenters. The van der Waals surface area contributed by atoms with Gasteiger partial charge in [0.1, 0.15) is 5.92 Å². The second kappa shape index (κ2) is 9.94. The van der Waals surface area contributed by atoms with E-state index < -0.39 is 39.5 Å². The Hall–Kier alpha value is -2.88. The number of carbonyl (C=O) groups is 3. The molecule has 8 nitrogen and oxygen atoms in total. The molecule has 1 heterocycles. The molecule has 1 amide bonds. The minimum Gasteiger partial charge on any atom is -0.328 e. The van der Waals surface area contributed by atoms with Crippen LogP contribution in [0.15, 0.2) is 59.5 Å². The number of amides is 1. The Morgan fingerprint density at radius 3 is 2.09 bits per heavy atom. The monoisotopic (exact) mass is 471 g/mol. The topological polar surface area (TPSA) is 95.1 Å². The van der Waals surface area contributed by atoms with Gasteiger partial charge in [0.25, 0.3) is 5.91 Å². The summed E-state index contributed by atoms with van der Waals surface area (Å²) in [4.78, 5) is 42.9. The van der Waals surface area contributed by atoms with Gasteiger partial charge in [-0.2, -0.15) is 0 Å². The minimum absolute atomic E-state index is 0.0443. The third-order valence-corrected chi connectivity index (χ3v) is 7.58. The molecular weight excluding hydrogens is 442 g/mol. The number of hydrogen-bond acceptors (Lipinski definition) is 6. The molecule has 1 saturated heterocycles. The first-order chi connectivity index (χ1) is 15.6. The molecule has 0 aliphatic carbocycles. The Bertz CT molecular complexity index is 1130. The van der Waals surface area contributed by atoms with Crippen LogP contribution in [0.1, 0.15) is 28.4 Å². The maximum atomic E-state index is 13.4. The first kappa shape index (κ1) is 24.8. The molecule has 1 aliphatic heterocycles. The molecule has 2 aromatic carbocycles. The van der Waals surface area contributed by atoms with Crippen molar-refractivity contribution in [2.45, 2.75) is 17.4 Å². The number of Topliss-reactive ketones (excluding diaryl/α,β-unsaturated/α-hetero) is 2. The molecule has 3 rings (SSSR count). The summed E-state index contributed by atoms with van der Waals surface area (Å²) < 4.78 is 25.7. The van der Waals surface area contributed by atoms with E-state index in [0.717, 1.165) is 10.8 Å². The van der Waals surface area contributed by atoms with Crippen LogP contribution in [0, 0.1) is 5.92 Å². The van der Waals surface area contributed by atoms with Gasteiger partial charge in [0.15, 0.2) is 5.78 Å². The van der Waals surface area contributed by atoms with E-state index in [-0.39, 0.29) is 10.5 Å². The van der Waals surface area contributed by atoms with Gasteiger partial charge in [0.05, 0.1) is 10.9 Å². The van der Waals surface area contributed by atoms with Crippen LogP contribution in [0.5, 0.6) is 0 Å². The number of likely N-dealkylation sites (tertiary alicyclic amines) is 1. The number of sulfonamides is 1. The van der Waals surface area contributed by atoms with Crippen LogP contribution < -0.4 is 0 Å². The van der Waals surface area contributed by atoms with Crippen molar-refractivity contribution in [3.05, 3.63) is 65.7 Å². The molecule has 9 heteroatoms. The second-order valence-electron chi connectivity index (χ2n) is 8.53. The lowest BCUT2D eigenvalue weighted by atomic mass is 9.86. The van der Waals surface area contributed by atoms with Gasteiger partial charge in [0.2, 0.25) is 15.8 Å². The zero-order valence-electron chi connectivity index (χ0n) is 19.3. The lowest BCUT2D eigenvalue weighted by Crippen LogP contribution is -2.33. The second-order valence-corrected chi connectivity index (χ2v) is 10.7. The molecule has 0 N–H and O–H groups in total. The summed E-state index contributed by atoms with van der Waals surface area (Å²) in [6.07, 6.45) is 0.660. The number of hydrogen-bond donors (Lipinski definition) is 0. The van der Waals surface area contributed by atoms with Crippen molar-refractivity contribution >= 4 is 27.5 Å². The Morgan fingerprint density at radius 2 is 1.55 bits per heavy atom. The van der Waals surface area contributed by atoms with E-state index in [2.05, 4.69) is 0 Å². The van der Waals surface area contributed by atoms with Gasteiger partial charge >= 0.3 is 0 Å². The highest BCUT2D eigenvalue weighted by Gasteiger charge is 2.51. The average molecular weight is 472 g/mol. The Balaban J connectivity index is 1.96. The standard InChI is InChI=1S/C24H29N3O5S/c1-25(2)15-8-16-27-21(17-9-6-5-7-10-17)20(23(29)24(27)30)22(28)18-11-13-19(14-12-18)33(31,32)26(3)4/h5-7,9-14,20-21H,8,15-16H2,1-4H3. The van der Waals surface area contributed by atoms with Gasteiger partial charge in [-0.3, -0.25) is 14.4 Å². The Morgan fingerprint density at radius 1 is 0.939 bits per heavy atom. The van der Waals surface area contributed by atoms with E-state index in [1.165, 1.54) is 43.3 Å². The zero-order valence-corrected chi connectivity index (χ0v) is 20.1. The molecule has 0 spiro atoms. The average Bonchev–Trinajstić information content (AvgIpc) is 3.04. The number of rotatable bonds is 9. The number of ketones is 2. The van der Waals surface area contributed by atoms with Gasteiger partial charge in [-0.1, -0.05) is 42.5 Å². The van der Waals surface area contributed by atoms with Crippen LogP contribution in [0.3, 0.4) is 0 Å². The van der Waals surface area contributed by atoms with Crippen molar-refractivity contribution in [1.82, 2.24) is 14.1 Å². The summed E-state index contributed by atoms with van der Waals surface area (Å²) in [5, 5.41) is 0. The highest BCUT2D eigenvalue weighted by atomic mass is 32.2. The fourth-order valence-electron chi connectivity index (χ4n) is 3.99. The predicted molar refractivity (Wildman–Crippen MR) is 124 cm³/mol. The zero-order chi connectivity index (χ0) is 24.3. The summed E-state index contributed by atoms with van der Waals surface area (Å²) in [5.41, 5.74) is 0.904. The van der Waals surface area contributed by atoms with Crippen LogP contribution in [0.2, 0.25) is 0 Å². The van der Waals surface area contributed by atoms with Gasteiger partial charge in [-0.05, 0) is 44.8 Å². The van der Waals surface area contributed by atoms with Crippen molar-refractivity contribution in [3.8, 4) is 0 Å². The summed E-state index contributed by atoms with van der Waals surface area (Å²) in [6, 6.07) is 13.8. The first-order valence-corrected chi connectivity index (χ1v) is 12.1. The molecule has 1 fully saturated rings. The van der Waals surface area contributed by atoms with E-state index in [9.17, 15) is 22.8 Å². The van der Waals surface area contributed by atoms with E-state index in [0.29, 0.717) is 18.5 Å². The fourth-order valence-corrected chi connectivity index (χ4v) is 4.89. The van der Waals surface area contributed by atoms with Gasteiger partial charge < -0.3 is 9.80 Å². The molecule has 2 aromatic rings. The summed E-state index contributed by atoms with van der Waals surface area (Å²) in [7, 11) is 3.05. The number of carbonyl (C=O) groups excluding carboxylic acids is 3. The highest BCUT2D eigenvalue weighted by molar-refractivity contribution is 7.89. The molecule has 33 heavy (non-hydrogen) atoms. The van der Waals surface area contributed by atoms with Crippen LogP contribution in [-0.4, -0.2) is 81.3 Å². The third kappa shape index (κ3) is 5.05. The smallest absolute Gasteiger partial charge is 0.291 e. The Labute approximate surface area is 194 Å². The molecule has 0 bridgehead atoms. The van der Waals surface area contributed by atoms with E-state index >= 15 is 0 Å². The third-order valence-electron chi connectivity index (χ3n) is 5.75. The SMILES string of the molecule is CN(C)CCCN1C(=O)C(=O)C(C(=O)c2ccc(S(=O)(=O)N(C)C)cc2)C1c1ccccc1. The largest absolute Gasteiger partial charge is 0.328 e. The molecule has 1 aliphatic rings. The summed E-state index contributed by atoms with van der Waals surface area (Å²) >= 11 is 0. The van der Waals surface area contributed by atoms with Crippen molar-refractivity contribution in [2.24, 2.45) is 5.92 Å². The fraction of sp³-hybridized carbons (Fsp3) is 0.375. The van der Waals surface area contributed by atoms with Gasteiger partial charge in [-0.25, -0.2) is 12.7 Å². The molecule has 176 valence electrons. The summed E-state index contributed by atoms with van der Waals surface area (Å²) in [5.74, 6) is -3.07. The highest BCUT2D eigenvalue weighted by Crippen LogP contribution is 2.38. The summed E-state index contributed by atoms with van der Waals surface area (Å²) in [6.45, 7) is 1.09. The van der Waals surface area contributed by atoms with E-state index in [1.54, 1.807) is 0 Å². The predicted octanol–water partition coefficient (Wildman–Crippen LogP) is 1.84. The van der Waals surface area contributed by atoms with E-state index in [1.807, 2.05) is 49.3 Å². The lowest BCUT2D eigenvalue weighted by Gasteiger charge is -2.27.